The van der Waals surface area contributed by atoms with Crippen LogP contribution >= 0.6 is 0 Å². The third kappa shape index (κ3) is 2.41. The first kappa shape index (κ1) is 11.1. The lowest BCUT2D eigenvalue weighted by Crippen LogP contribution is -2.48. The van der Waals surface area contributed by atoms with E-state index in [0.29, 0.717) is 11.7 Å². The summed E-state index contributed by atoms with van der Waals surface area (Å²) in [7, 11) is 0. The summed E-state index contributed by atoms with van der Waals surface area (Å²) in [5.74, 6) is 0.0557. The molecule has 0 spiro atoms. The van der Waals surface area contributed by atoms with Crippen molar-refractivity contribution in [3.8, 4) is 0 Å². The maximum absolute atomic E-state index is 12.0. The van der Waals surface area contributed by atoms with E-state index in [1.807, 2.05) is 4.90 Å². The molecule has 2 heterocycles. The lowest BCUT2D eigenvalue weighted by molar-refractivity contribution is 0.0689. The predicted octanol–water partition coefficient (Wildman–Crippen LogP) is 0.624. The molecule has 1 fully saturated rings. The molecule has 2 rings (SSSR count). The van der Waals surface area contributed by atoms with Gasteiger partial charge in [-0.2, -0.15) is 5.10 Å². The Kier molecular flexibility index (Phi) is 3.56. The number of carbonyl (C=O) groups excluding carboxylic acids is 1. The van der Waals surface area contributed by atoms with Gasteiger partial charge in [0, 0.05) is 25.3 Å². The van der Waals surface area contributed by atoms with E-state index in [0.717, 1.165) is 32.5 Å². The van der Waals surface area contributed by atoms with Gasteiger partial charge < -0.3 is 10.2 Å². The first-order valence-electron chi connectivity index (χ1n) is 5.83. The van der Waals surface area contributed by atoms with Gasteiger partial charge in [0.1, 0.15) is 5.69 Å². The van der Waals surface area contributed by atoms with E-state index in [-0.39, 0.29) is 5.91 Å². The average molecular weight is 222 g/mol. The Morgan fingerprint density at radius 2 is 2.62 bits per heavy atom. The van der Waals surface area contributed by atoms with Gasteiger partial charge in [0.05, 0.1) is 0 Å². The molecule has 88 valence electrons. The van der Waals surface area contributed by atoms with Crippen molar-refractivity contribution in [1.29, 1.82) is 0 Å². The first-order chi connectivity index (χ1) is 7.81. The Bertz CT molecular complexity index is 334. The molecule has 1 atom stereocenters. The third-order valence-electron chi connectivity index (χ3n) is 2.93. The van der Waals surface area contributed by atoms with Gasteiger partial charge >= 0.3 is 0 Å². The van der Waals surface area contributed by atoms with Crippen LogP contribution < -0.4 is 5.32 Å². The number of rotatable bonds is 3. The van der Waals surface area contributed by atoms with Crippen molar-refractivity contribution in [3.63, 3.8) is 0 Å². The van der Waals surface area contributed by atoms with E-state index in [9.17, 15) is 4.79 Å². The molecule has 1 amide bonds. The van der Waals surface area contributed by atoms with E-state index in [2.05, 4.69) is 22.4 Å². The van der Waals surface area contributed by atoms with E-state index in [1.165, 1.54) is 0 Å². The zero-order valence-electron chi connectivity index (χ0n) is 9.57. The van der Waals surface area contributed by atoms with Crippen molar-refractivity contribution in [2.75, 3.05) is 19.6 Å². The van der Waals surface area contributed by atoms with Crippen molar-refractivity contribution in [3.05, 3.63) is 18.0 Å². The molecule has 0 saturated carbocycles. The number of amides is 1. The molecule has 5 nitrogen and oxygen atoms in total. The van der Waals surface area contributed by atoms with Gasteiger partial charge in [-0.3, -0.25) is 9.89 Å². The number of carbonyl (C=O) groups is 1. The molecule has 1 saturated heterocycles. The SMILES string of the molecule is CCNC1CCCN(C(=O)c2ccn[nH]2)C1. The standard InChI is InChI=1S/C11H18N4O/c1-2-12-9-4-3-7-15(8-9)11(16)10-5-6-13-14-10/h5-6,9,12H,2-4,7-8H2,1H3,(H,13,14). The largest absolute Gasteiger partial charge is 0.336 e. The fraction of sp³-hybridized carbons (Fsp3) is 0.636. The molecule has 16 heavy (non-hydrogen) atoms. The predicted molar refractivity (Wildman–Crippen MR) is 61.2 cm³/mol. The van der Waals surface area contributed by atoms with Gasteiger partial charge in [0.2, 0.25) is 0 Å². The fourth-order valence-electron chi connectivity index (χ4n) is 2.16. The molecule has 2 N–H and O–H groups in total. The van der Waals surface area contributed by atoms with Crippen LogP contribution in [-0.2, 0) is 0 Å². The number of nitrogens with zero attached hydrogens (tertiary/aromatic N) is 2. The molecule has 0 aromatic carbocycles. The Hall–Kier alpha value is -1.36. The smallest absolute Gasteiger partial charge is 0.271 e. The Morgan fingerprint density at radius 1 is 1.75 bits per heavy atom. The van der Waals surface area contributed by atoms with E-state index >= 15 is 0 Å². The number of likely N-dealkylation sites (N-methyl/N-ethyl adjacent to an activating group) is 1. The molecule has 0 radical (unpaired) electrons. The number of aromatic amines is 1. The molecular weight excluding hydrogens is 204 g/mol. The van der Waals surface area contributed by atoms with E-state index in [4.69, 9.17) is 0 Å². The second-order valence-electron chi connectivity index (χ2n) is 4.12. The van der Waals surface area contributed by atoms with Gasteiger partial charge in [-0.15, -0.1) is 0 Å². The van der Waals surface area contributed by atoms with E-state index in [1.54, 1.807) is 12.3 Å². The average Bonchev–Trinajstić information content (AvgIpc) is 2.82. The molecule has 5 heteroatoms. The molecule has 0 bridgehead atoms. The number of piperidine rings is 1. The minimum atomic E-state index is 0.0557. The number of likely N-dealkylation sites (tertiary alicyclic amines) is 1. The summed E-state index contributed by atoms with van der Waals surface area (Å²) in [4.78, 5) is 13.9. The highest BCUT2D eigenvalue weighted by atomic mass is 16.2. The Labute approximate surface area is 95.2 Å². The third-order valence-corrected chi connectivity index (χ3v) is 2.93. The van der Waals surface area contributed by atoms with E-state index < -0.39 is 0 Å². The molecule has 1 aromatic rings. The minimum absolute atomic E-state index is 0.0557. The first-order valence-corrected chi connectivity index (χ1v) is 5.83. The monoisotopic (exact) mass is 222 g/mol. The lowest BCUT2D eigenvalue weighted by atomic mass is 10.1. The van der Waals surface area contributed by atoms with Gasteiger partial charge in [-0.1, -0.05) is 6.92 Å². The second kappa shape index (κ2) is 5.12. The quantitative estimate of drug-likeness (QED) is 0.788. The highest BCUT2D eigenvalue weighted by Crippen LogP contribution is 2.12. The highest BCUT2D eigenvalue weighted by Gasteiger charge is 2.24. The summed E-state index contributed by atoms with van der Waals surface area (Å²) < 4.78 is 0. The van der Waals surface area contributed by atoms with Crippen LogP contribution in [0.2, 0.25) is 0 Å². The fourth-order valence-corrected chi connectivity index (χ4v) is 2.16. The normalized spacial score (nSPS) is 21.1. The van der Waals surface area contributed by atoms with Crippen LogP contribution in [0.25, 0.3) is 0 Å². The minimum Gasteiger partial charge on any atom is -0.336 e. The summed E-state index contributed by atoms with van der Waals surface area (Å²) in [6.07, 6.45) is 3.83. The van der Waals surface area contributed by atoms with Crippen LogP contribution in [0.5, 0.6) is 0 Å². The second-order valence-corrected chi connectivity index (χ2v) is 4.12. The van der Waals surface area contributed by atoms with Crippen molar-refractivity contribution in [2.24, 2.45) is 0 Å². The van der Waals surface area contributed by atoms with Crippen LogP contribution in [0, 0.1) is 0 Å². The summed E-state index contributed by atoms with van der Waals surface area (Å²) in [6, 6.07) is 2.16. The number of hydrogen-bond donors (Lipinski definition) is 2. The van der Waals surface area contributed by atoms with Crippen molar-refractivity contribution >= 4 is 5.91 Å². The topological polar surface area (TPSA) is 61.0 Å². The van der Waals surface area contributed by atoms with Crippen LogP contribution in [0.15, 0.2) is 12.3 Å². The number of nitrogens with one attached hydrogen (secondary N) is 2. The highest BCUT2D eigenvalue weighted by molar-refractivity contribution is 5.92. The summed E-state index contributed by atoms with van der Waals surface area (Å²) in [6.45, 7) is 4.69. The summed E-state index contributed by atoms with van der Waals surface area (Å²) >= 11 is 0. The lowest BCUT2D eigenvalue weighted by Gasteiger charge is -2.32. The van der Waals surface area contributed by atoms with Gasteiger partial charge in [-0.05, 0) is 25.5 Å². The van der Waals surface area contributed by atoms with Crippen LogP contribution in [0.4, 0.5) is 0 Å². The zero-order valence-corrected chi connectivity index (χ0v) is 9.57. The number of hydrogen-bond acceptors (Lipinski definition) is 3. The number of H-pyrrole nitrogens is 1. The molecule has 0 aliphatic carbocycles. The maximum atomic E-state index is 12.0. The zero-order chi connectivity index (χ0) is 11.4. The van der Waals surface area contributed by atoms with Crippen LogP contribution in [-0.4, -0.2) is 46.7 Å². The van der Waals surface area contributed by atoms with Crippen molar-refractivity contribution < 1.29 is 4.79 Å². The Balaban J connectivity index is 1.96. The molecule has 1 aromatic heterocycles. The number of aromatic nitrogens is 2. The van der Waals surface area contributed by atoms with Crippen molar-refractivity contribution in [2.45, 2.75) is 25.8 Å². The van der Waals surface area contributed by atoms with Gasteiger partial charge in [0.15, 0.2) is 0 Å². The molecule has 1 aliphatic rings. The molecular formula is C11H18N4O. The van der Waals surface area contributed by atoms with Gasteiger partial charge in [0.25, 0.3) is 5.91 Å². The summed E-state index contributed by atoms with van der Waals surface area (Å²) in [5, 5.41) is 9.92. The van der Waals surface area contributed by atoms with Crippen molar-refractivity contribution in [1.82, 2.24) is 20.4 Å². The van der Waals surface area contributed by atoms with Crippen LogP contribution in [0.3, 0.4) is 0 Å². The maximum Gasteiger partial charge on any atom is 0.271 e. The molecule has 1 unspecified atom stereocenters. The molecule has 1 aliphatic heterocycles. The Morgan fingerprint density at radius 3 is 3.31 bits per heavy atom. The van der Waals surface area contributed by atoms with Crippen LogP contribution in [0.1, 0.15) is 30.3 Å². The van der Waals surface area contributed by atoms with Gasteiger partial charge in [-0.25, -0.2) is 0 Å². The summed E-state index contributed by atoms with van der Waals surface area (Å²) in [5.41, 5.74) is 0.581.